The Labute approximate surface area is 78.1 Å². The summed E-state index contributed by atoms with van der Waals surface area (Å²) in [6.45, 7) is 0. The van der Waals surface area contributed by atoms with Gasteiger partial charge in [-0.05, 0) is 49.0 Å². The second-order valence-electron chi connectivity index (χ2n) is 3.48. The molecule has 0 aromatic heterocycles. The van der Waals surface area contributed by atoms with Gasteiger partial charge in [-0.2, -0.15) is 0 Å². The lowest BCUT2D eigenvalue weighted by Gasteiger charge is -2.12. The monoisotopic (exact) mass is 176 g/mol. The van der Waals surface area contributed by atoms with Gasteiger partial charge in [-0.1, -0.05) is 18.2 Å². The molecule has 0 heterocycles. The molecule has 0 saturated heterocycles. The molecule has 13 heavy (non-hydrogen) atoms. The standard InChI is InChI=1S/C12H13F/c13-12-8-6-11(7-9-12)10-4-2-1-3-5-10/h4,6-9H,1-3,5H2. The van der Waals surface area contributed by atoms with E-state index in [0.29, 0.717) is 0 Å². The summed E-state index contributed by atoms with van der Waals surface area (Å²) in [5, 5.41) is 0. The zero-order valence-electron chi connectivity index (χ0n) is 7.59. The first-order valence-electron chi connectivity index (χ1n) is 4.81. The van der Waals surface area contributed by atoms with E-state index in [1.54, 1.807) is 0 Å². The third kappa shape index (κ3) is 1.97. The van der Waals surface area contributed by atoms with E-state index in [1.807, 2.05) is 12.1 Å². The quantitative estimate of drug-likeness (QED) is 0.610. The number of hydrogen-bond acceptors (Lipinski definition) is 0. The molecule has 1 aliphatic carbocycles. The Bertz CT molecular complexity index is 308. The molecule has 1 aromatic carbocycles. The maximum Gasteiger partial charge on any atom is 0.123 e. The number of rotatable bonds is 1. The van der Waals surface area contributed by atoms with Gasteiger partial charge in [0.2, 0.25) is 0 Å². The Morgan fingerprint density at radius 3 is 2.38 bits per heavy atom. The lowest BCUT2D eigenvalue weighted by atomic mass is 9.94. The molecule has 1 aliphatic rings. The van der Waals surface area contributed by atoms with Crippen molar-refractivity contribution in [3.05, 3.63) is 41.7 Å². The average Bonchev–Trinajstić information content (AvgIpc) is 2.20. The van der Waals surface area contributed by atoms with Crippen LogP contribution < -0.4 is 0 Å². The molecule has 1 heteroatoms. The van der Waals surface area contributed by atoms with Crippen LogP contribution >= 0.6 is 0 Å². The topological polar surface area (TPSA) is 0 Å². The molecule has 0 N–H and O–H groups in total. The lowest BCUT2D eigenvalue weighted by molar-refractivity contribution is 0.627. The van der Waals surface area contributed by atoms with Crippen LogP contribution in [0.2, 0.25) is 0 Å². The summed E-state index contributed by atoms with van der Waals surface area (Å²) >= 11 is 0. The molecule has 0 radical (unpaired) electrons. The van der Waals surface area contributed by atoms with Crippen molar-refractivity contribution in [2.75, 3.05) is 0 Å². The largest absolute Gasteiger partial charge is 0.207 e. The van der Waals surface area contributed by atoms with E-state index in [9.17, 15) is 4.39 Å². The smallest absolute Gasteiger partial charge is 0.123 e. The second-order valence-corrected chi connectivity index (χ2v) is 3.48. The van der Waals surface area contributed by atoms with Crippen molar-refractivity contribution < 1.29 is 4.39 Å². The number of hydrogen-bond donors (Lipinski definition) is 0. The lowest BCUT2D eigenvalue weighted by Crippen LogP contribution is -1.91. The van der Waals surface area contributed by atoms with Crippen molar-refractivity contribution in [1.82, 2.24) is 0 Å². The molecule has 0 unspecified atom stereocenters. The molecule has 0 nitrogen and oxygen atoms in total. The summed E-state index contributed by atoms with van der Waals surface area (Å²) in [5.41, 5.74) is 2.56. The molecule has 0 spiro atoms. The molecule has 0 atom stereocenters. The van der Waals surface area contributed by atoms with E-state index in [2.05, 4.69) is 6.08 Å². The average molecular weight is 176 g/mol. The van der Waals surface area contributed by atoms with Crippen molar-refractivity contribution in [1.29, 1.82) is 0 Å². The van der Waals surface area contributed by atoms with Crippen LogP contribution in [0.3, 0.4) is 0 Å². The van der Waals surface area contributed by atoms with E-state index in [0.717, 1.165) is 6.42 Å². The molecule has 0 saturated carbocycles. The third-order valence-electron chi connectivity index (χ3n) is 2.51. The van der Waals surface area contributed by atoms with E-state index in [4.69, 9.17) is 0 Å². The minimum atomic E-state index is -0.153. The molecule has 2 rings (SSSR count). The van der Waals surface area contributed by atoms with E-state index < -0.39 is 0 Å². The normalized spacial score (nSPS) is 16.8. The van der Waals surface area contributed by atoms with Gasteiger partial charge >= 0.3 is 0 Å². The van der Waals surface area contributed by atoms with Crippen molar-refractivity contribution >= 4 is 5.57 Å². The van der Waals surface area contributed by atoms with Crippen LogP contribution in [0.1, 0.15) is 31.2 Å². The first kappa shape index (κ1) is 8.49. The Morgan fingerprint density at radius 1 is 1.00 bits per heavy atom. The molecule has 0 bridgehead atoms. The molecular formula is C12H13F. The maximum absolute atomic E-state index is 12.6. The summed E-state index contributed by atoms with van der Waals surface area (Å²) in [4.78, 5) is 0. The zero-order valence-corrected chi connectivity index (χ0v) is 7.59. The predicted molar refractivity (Wildman–Crippen MR) is 52.8 cm³/mol. The van der Waals surface area contributed by atoms with Crippen LogP contribution in [0.5, 0.6) is 0 Å². The van der Waals surface area contributed by atoms with Crippen LogP contribution in [0.15, 0.2) is 30.3 Å². The maximum atomic E-state index is 12.6. The highest BCUT2D eigenvalue weighted by Gasteiger charge is 2.05. The van der Waals surface area contributed by atoms with Gasteiger partial charge in [-0.25, -0.2) is 4.39 Å². The fourth-order valence-electron chi connectivity index (χ4n) is 1.76. The van der Waals surface area contributed by atoms with Crippen molar-refractivity contribution in [3.8, 4) is 0 Å². The highest BCUT2D eigenvalue weighted by molar-refractivity contribution is 5.65. The SMILES string of the molecule is Fc1ccc(C2=CCCCC2)cc1. The summed E-state index contributed by atoms with van der Waals surface area (Å²) in [5.74, 6) is -0.153. The van der Waals surface area contributed by atoms with Gasteiger partial charge in [-0.15, -0.1) is 0 Å². The Hall–Kier alpha value is -1.11. The van der Waals surface area contributed by atoms with Crippen LogP contribution in [-0.4, -0.2) is 0 Å². The first-order valence-corrected chi connectivity index (χ1v) is 4.81. The van der Waals surface area contributed by atoms with Gasteiger partial charge in [-0.3, -0.25) is 0 Å². The Morgan fingerprint density at radius 2 is 1.77 bits per heavy atom. The van der Waals surface area contributed by atoms with E-state index in [1.165, 1.54) is 42.5 Å². The van der Waals surface area contributed by atoms with Gasteiger partial charge in [0.05, 0.1) is 0 Å². The zero-order chi connectivity index (χ0) is 9.10. The molecular weight excluding hydrogens is 163 g/mol. The van der Waals surface area contributed by atoms with Crippen molar-refractivity contribution in [3.63, 3.8) is 0 Å². The van der Waals surface area contributed by atoms with Gasteiger partial charge in [0.1, 0.15) is 5.82 Å². The van der Waals surface area contributed by atoms with E-state index >= 15 is 0 Å². The molecule has 0 amide bonds. The Kier molecular flexibility index (Phi) is 2.44. The van der Waals surface area contributed by atoms with Gasteiger partial charge < -0.3 is 0 Å². The molecule has 0 fully saturated rings. The van der Waals surface area contributed by atoms with Crippen LogP contribution in [0, 0.1) is 5.82 Å². The molecule has 0 aliphatic heterocycles. The van der Waals surface area contributed by atoms with Crippen molar-refractivity contribution in [2.45, 2.75) is 25.7 Å². The summed E-state index contributed by atoms with van der Waals surface area (Å²) in [6, 6.07) is 6.80. The van der Waals surface area contributed by atoms with Crippen LogP contribution in [0.4, 0.5) is 4.39 Å². The van der Waals surface area contributed by atoms with Crippen LogP contribution in [0.25, 0.3) is 5.57 Å². The minimum Gasteiger partial charge on any atom is -0.207 e. The van der Waals surface area contributed by atoms with Gasteiger partial charge in [0, 0.05) is 0 Å². The highest BCUT2D eigenvalue weighted by Crippen LogP contribution is 2.26. The Balaban J connectivity index is 2.24. The third-order valence-corrected chi connectivity index (χ3v) is 2.51. The number of allylic oxidation sites excluding steroid dienone is 2. The van der Waals surface area contributed by atoms with Gasteiger partial charge in [0.25, 0.3) is 0 Å². The van der Waals surface area contributed by atoms with E-state index in [-0.39, 0.29) is 5.82 Å². The number of halogens is 1. The minimum absolute atomic E-state index is 0.153. The first-order chi connectivity index (χ1) is 6.36. The fourth-order valence-corrected chi connectivity index (χ4v) is 1.76. The fraction of sp³-hybridized carbons (Fsp3) is 0.333. The number of benzene rings is 1. The highest BCUT2D eigenvalue weighted by atomic mass is 19.1. The second kappa shape index (κ2) is 3.73. The molecule has 68 valence electrons. The summed E-state index contributed by atoms with van der Waals surface area (Å²) in [6.07, 6.45) is 7.16. The van der Waals surface area contributed by atoms with Crippen molar-refractivity contribution in [2.24, 2.45) is 0 Å². The summed E-state index contributed by atoms with van der Waals surface area (Å²) < 4.78 is 12.6. The van der Waals surface area contributed by atoms with Gasteiger partial charge in [0.15, 0.2) is 0 Å². The summed E-state index contributed by atoms with van der Waals surface area (Å²) in [7, 11) is 0. The van der Waals surface area contributed by atoms with Crippen LogP contribution in [-0.2, 0) is 0 Å². The predicted octanol–water partition coefficient (Wildman–Crippen LogP) is 3.78. The molecule has 1 aromatic rings.